The molecule has 0 radical (unpaired) electrons. The fourth-order valence-electron chi connectivity index (χ4n) is 2.46. The topological polar surface area (TPSA) is 61.3 Å². The van der Waals surface area contributed by atoms with E-state index in [1.54, 1.807) is 7.11 Å². The summed E-state index contributed by atoms with van der Waals surface area (Å²) in [6.45, 7) is 0. The van der Waals surface area contributed by atoms with Gasteiger partial charge in [-0.15, -0.1) is 0 Å². The van der Waals surface area contributed by atoms with E-state index >= 15 is 0 Å². The highest BCUT2D eigenvalue weighted by molar-refractivity contribution is 5.74. The van der Waals surface area contributed by atoms with Gasteiger partial charge >= 0.3 is 0 Å². The van der Waals surface area contributed by atoms with E-state index in [1.165, 1.54) is 0 Å². The molecule has 4 heteroatoms. The van der Waals surface area contributed by atoms with Crippen molar-refractivity contribution in [3.63, 3.8) is 0 Å². The number of benzene rings is 1. The van der Waals surface area contributed by atoms with Crippen molar-refractivity contribution < 1.29 is 9.15 Å². The Labute approximate surface area is 99.8 Å². The third-order valence-electron chi connectivity index (χ3n) is 3.52. The van der Waals surface area contributed by atoms with Gasteiger partial charge < -0.3 is 14.9 Å². The van der Waals surface area contributed by atoms with Crippen LogP contribution in [0.3, 0.4) is 0 Å². The molecule has 1 heterocycles. The fourth-order valence-corrected chi connectivity index (χ4v) is 2.46. The minimum Gasteiger partial charge on any atom is -0.497 e. The molecule has 0 saturated heterocycles. The van der Waals surface area contributed by atoms with Crippen molar-refractivity contribution in [2.24, 2.45) is 5.73 Å². The summed E-state index contributed by atoms with van der Waals surface area (Å²) in [5, 5.41) is 0. The van der Waals surface area contributed by atoms with E-state index in [0.29, 0.717) is 5.89 Å². The van der Waals surface area contributed by atoms with E-state index in [1.807, 2.05) is 18.2 Å². The third-order valence-corrected chi connectivity index (χ3v) is 3.52. The van der Waals surface area contributed by atoms with Crippen LogP contribution >= 0.6 is 0 Å². The number of oxazole rings is 1. The predicted octanol–water partition coefficient (Wildman–Crippen LogP) is 2.56. The molecule has 2 N–H and O–H groups in total. The number of ether oxygens (including phenoxy) is 1. The fraction of sp³-hybridized carbons (Fsp3) is 0.462. The van der Waals surface area contributed by atoms with Gasteiger partial charge in [-0.2, -0.15) is 0 Å². The second-order valence-corrected chi connectivity index (χ2v) is 4.72. The van der Waals surface area contributed by atoms with Gasteiger partial charge in [-0.1, -0.05) is 12.8 Å². The number of nitrogens with two attached hydrogens (primary N) is 1. The van der Waals surface area contributed by atoms with Crippen LogP contribution in [-0.2, 0) is 5.54 Å². The van der Waals surface area contributed by atoms with Crippen LogP contribution in [0.4, 0.5) is 0 Å². The molecule has 90 valence electrons. The summed E-state index contributed by atoms with van der Waals surface area (Å²) in [5.41, 5.74) is 7.55. The number of nitrogens with zero attached hydrogens (tertiary/aromatic N) is 1. The predicted molar refractivity (Wildman–Crippen MR) is 64.9 cm³/mol. The molecule has 1 aromatic carbocycles. The van der Waals surface area contributed by atoms with E-state index in [0.717, 1.165) is 42.5 Å². The van der Waals surface area contributed by atoms with Crippen LogP contribution in [0.25, 0.3) is 11.1 Å². The molecule has 4 nitrogen and oxygen atoms in total. The maximum atomic E-state index is 6.33. The number of fused-ring (bicyclic) bond motifs is 1. The lowest BCUT2D eigenvalue weighted by Crippen LogP contribution is -2.33. The molecule has 2 aromatic rings. The van der Waals surface area contributed by atoms with Crippen LogP contribution in [-0.4, -0.2) is 12.1 Å². The molecule has 0 unspecified atom stereocenters. The minimum atomic E-state index is -0.369. The third kappa shape index (κ3) is 1.69. The first-order valence-electron chi connectivity index (χ1n) is 5.95. The van der Waals surface area contributed by atoms with Crippen LogP contribution in [0, 0.1) is 0 Å². The van der Waals surface area contributed by atoms with Gasteiger partial charge in [0.15, 0.2) is 5.58 Å². The quantitative estimate of drug-likeness (QED) is 0.864. The van der Waals surface area contributed by atoms with E-state index in [2.05, 4.69) is 4.98 Å². The zero-order chi connectivity index (χ0) is 11.9. The second-order valence-electron chi connectivity index (χ2n) is 4.72. The normalized spacial score (nSPS) is 18.7. The Morgan fingerprint density at radius 3 is 2.82 bits per heavy atom. The Morgan fingerprint density at radius 2 is 2.12 bits per heavy atom. The zero-order valence-electron chi connectivity index (χ0n) is 9.90. The van der Waals surface area contributed by atoms with E-state index in [-0.39, 0.29) is 5.54 Å². The number of hydrogen-bond donors (Lipinski definition) is 1. The Bertz CT molecular complexity index is 541. The lowest BCUT2D eigenvalue weighted by molar-refractivity contribution is 0.346. The van der Waals surface area contributed by atoms with Gasteiger partial charge in [-0.05, 0) is 25.0 Å². The highest BCUT2D eigenvalue weighted by Gasteiger charge is 2.36. The van der Waals surface area contributed by atoms with Crippen molar-refractivity contribution in [2.75, 3.05) is 7.11 Å². The molecule has 1 aliphatic rings. The average molecular weight is 232 g/mol. The summed E-state index contributed by atoms with van der Waals surface area (Å²) in [5.74, 6) is 1.44. The molecule has 1 aromatic heterocycles. The van der Waals surface area contributed by atoms with Crippen molar-refractivity contribution in [2.45, 2.75) is 31.2 Å². The van der Waals surface area contributed by atoms with Gasteiger partial charge in [-0.25, -0.2) is 4.98 Å². The van der Waals surface area contributed by atoms with Gasteiger partial charge in [0.25, 0.3) is 0 Å². The maximum Gasteiger partial charge on any atom is 0.215 e. The SMILES string of the molecule is COc1ccc2nc(C3(N)CCCC3)oc2c1. The van der Waals surface area contributed by atoms with Crippen LogP contribution in [0.15, 0.2) is 22.6 Å². The first-order chi connectivity index (χ1) is 8.21. The van der Waals surface area contributed by atoms with Crippen molar-refractivity contribution in [3.05, 3.63) is 24.1 Å². The molecular weight excluding hydrogens is 216 g/mol. The van der Waals surface area contributed by atoms with Crippen molar-refractivity contribution >= 4 is 11.1 Å². The largest absolute Gasteiger partial charge is 0.497 e. The molecule has 3 rings (SSSR count). The summed E-state index contributed by atoms with van der Waals surface area (Å²) in [7, 11) is 1.64. The highest BCUT2D eigenvalue weighted by atomic mass is 16.5. The molecule has 0 atom stereocenters. The van der Waals surface area contributed by atoms with Crippen LogP contribution in [0.2, 0.25) is 0 Å². The van der Waals surface area contributed by atoms with Crippen LogP contribution < -0.4 is 10.5 Å². The standard InChI is InChI=1S/C13H16N2O2/c1-16-9-4-5-10-11(8-9)17-12(15-10)13(14)6-2-3-7-13/h4-5,8H,2-3,6-7,14H2,1H3. The molecule has 0 amide bonds. The molecule has 1 aliphatic carbocycles. The molecule has 1 saturated carbocycles. The number of methoxy groups -OCH3 is 1. The van der Waals surface area contributed by atoms with Gasteiger partial charge in [-0.3, -0.25) is 0 Å². The van der Waals surface area contributed by atoms with E-state index in [9.17, 15) is 0 Å². The summed E-state index contributed by atoms with van der Waals surface area (Å²) in [6, 6.07) is 5.64. The van der Waals surface area contributed by atoms with Gasteiger partial charge in [0.1, 0.15) is 11.3 Å². The first kappa shape index (κ1) is 10.6. The van der Waals surface area contributed by atoms with Crippen LogP contribution in [0.5, 0.6) is 5.75 Å². The van der Waals surface area contributed by atoms with Gasteiger partial charge in [0.2, 0.25) is 5.89 Å². The summed E-state index contributed by atoms with van der Waals surface area (Å²) in [6.07, 6.45) is 4.21. The molecule has 17 heavy (non-hydrogen) atoms. The Balaban J connectivity index is 2.07. The first-order valence-corrected chi connectivity index (χ1v) is 5.95. The Morgan fingerprint density at radius 1 is 1.35 bits per heavy atom. The molecule has 0 aliphatic heterocycles. The minimum absolute atomic E-state index is 0.369. The molecule has 0 spiro atoms. The summed E-state index contributed by atoms with van der Waals surface area (Å²) in [4.78, 5) is 4.49. The van der Waals surface area contributed by atoms with Crippen LogP contribution in [0.1, 0.15) is 31.6 Å². The van der Waals surface area contributed by atoms with E-state index < -0.39 is 0 Å². The summed E-state index contributed by atoms with van der Waals surface area (Å²) < 4.78 is 10.9. The van der Waals surface area contributed by atoms with E-state index in [4.69, 9.17) is 14.9 Å². The maximum absolute atomic E-state index is 6.33. The average Bonchev–Trinajstić information content (AvgIpc) is 2.94. The number of aromatic nitrogens is 1. The molecule has 1 fully saturated rings. The monoisotopic (exact) mass is 232 g/mol. The van der Waals surface area contributed by atoms with Gasteiger partial charge in [0.05, 0.1) is 12.6 Å². The lowest BCUT2D eigenvalue weighted by Gasteiger charge is -2.18. The summed E-state index contributed by atoms with van der Waals surface area (Å²) >= 11 is 0. The highest BCUT2D eigenvalue weighted by Crippen LogP contribution is 2.37. The zero-order valence-corrected chi connectivity index (χ0v) is 9.90. The van der Waals surface area contributed by atoms with Crippen molar-refractivity contribution in [1.29, 1.82) is 0 Å². The lowest BCUT2D eigenvalue weighted by atomic mass is 10.00. The van der Waals surface area contributed by atoms with Gasteiger partial charge in [0, 0.05) is 6.07 Å². The second kappa shape index (κ2) is 3.74. The van der Waals surface area contributed by atoms with Crippen molar-refractivity contribution in [1.82, 2.24) is 4.98 Å². The number of hydrogen-bond acceptors (Lipinski definition) is 4. The number of rotatable bonds is 2. The Kier molecular flexibility index (Phi) is 2.33. The molecular formula is C13H16N2O2. The Hall–Kier alpha value is -1.55. The smallest absolute Gasteiger partial charge is 0.215 e. The van der Waals surface area contributed by atoms with Crippen molar-refractivity contribution in [3.8, 4) is 5.75 Å². The molecule has 0 bridgehead atoms.